The standard InChI is InChI=1S/C15H22N2O2/c1-11-9-13(18)3-4-14(11)15(19)16-10-12-5-7-17(2)8-6-12/h3-4,9,12,18H,5-8,10H2,1-2H3,(H,16,19). The predicted molar refractivity (Wildman–Crippen MR) is 75.4 cm³/mol. The molecule has 19 heavy (non-hydrogen) atoms. The second-order valence-electron chi connectivity index (χ2n) is 5.46. The number of likely N-dealkylation sites (tertiary alicyclic amines) is 1. The Morgan fingerprint density at radius 3 is 2.74 bits per heavy atom. The quantitative estimate of drug-likeness (QED) is 0.873. The van der Waals surface area contributed by atoms with E-state index in [9.17, 15) is 9.90 Å². The summed E-state index contributed by atoms with van der Waals surface area (Å²) in [5, 5.41) is 12.3. The normalized spacial score (nSPS) is 17.4. The molecule has 1 amide bonds. The van der Waals surface area contributed by atoms with Gasteiger partial charge in [-0.25, -0.2) is 0 Å². The zero-order chi connectivity index (χ0) is 13.8. The van der Waals surface area contributed by atoms with Crippen LogP contribution in [0.4, 0.5) is 0 Å². The second-order valence-corrected chi connectivity index (χ2v) is 5.46. The molecule has 104 valence electrons. The zero-order valence-corrected chi connectivity index (χ0v) is 11.6. The lowest BCUT2D eigenvalue weighted by atomic mass is 9.97. The first-order valence-corrected chi connectivity index (χ1v) is 6.82. The highest BCUT2D eigenvalue weighted by Gasteiger charge is 2.18. The van der Waals surface area contributed by atoms with Crippen molar-refractivity contribution in [3.8, 4) is 5.75 Å². The van der Waals surface area contributed by atoms with E-state index in [2.05, 4.69) is 17.3 Å². The van der Waals surface area contributed by atoms with Gasteiger partial charge in [0.25, 0.3) is 5.91 Å². The van der Waals surface area contributed by atoms with Crippen LogP contribution < -0.4 is 5.32 Å². The SMILES string of the molecule is Cc1cc(O)ccc1C(=O)NCC1CCN(C)CC1. The zero-order valence-electron chi connectivity index (χ0n) is 11.6. The minimum atomic E-state index is -0.0450. The van der Waals surface area contributed by atoms with Crippen molar-refractivity contribution in [2.75, 3.05) is 26.7 Å². The van der Waals surface area contributed by atoms with Crippen LogP contribution in [-0.2, 0) is 0 Å². The van der Waals surface area contributed by atoms with Crippen molar-refractivity contribution >= 4 is 5.91 Å². The molecule has 0 bridgehead atoms. The summed E-state index contributed by atoms with van der Waals surface area (Å²) in [4.78, 5) is 14.4. The van der Waals surface area contributed by atoms with Crippen molar-refractivity contribution in [3.05, 3.63) is 29.3 Å². The van der Waals surface area contributed by atoms with Gasteiger partial charge in [-0.15, -0.1) is 0 Å². The molecule has 1 aromatic rings. The van der Waals surface area contributed by atoms with Gasteiger partial charge < -0.3 is 15.3 Å². The van der Waals surface area contributed by atoms with Crippen LogP contribution in [0.2, 0.25) is 0 Å². The number of nitrogens with zero attached hydrogens (tertiary/aromatic N) is 1. The van der Waals surface area contributed by atoms with Gasteiger partial charge in [0.1, 0.15) is 5.75 Å². The third-order valence-corrected chi connectivity index (χ3v) is 3.84. The monoisotopic (exact) mass is 262 g/mol. The molecule has 0 spiro atoms. The van der Waals surface area contributed by atoms with Gasteiger partial charge in [-0.3, -0.25) is 4.79 Å². The van der Waals surface area contributed by atoms with Crippen molar-refractivity contribution in [3.63, 3.8) is 0 Å². The molecule has 0 saturated carbocycles. The number of phenols is 1. The Bertz CT molecular complexity index is 451. The number of piperidine rings is 1. The largest absolute Gasteiger partial charge is 0.508 e. The maximum Gasteiger partial charge on any atom is 0.251 e. The second kappa shape index (κ2) is 6.06. The Kier molecular flexibility index (Phi) is 4.43. The first kappa shape index (κ1) is 13.9. The maximum atomic E-state index is 12.1. The van der Waals surface area contributed by atoms with Gasteiger partial charge in [-0.1, -0.05) is 0 Å². The summed E-state index contributed by atoms with van der Waals surface area (Å²) in [5.41, 5.74) is 1.45. The van der Waals surface area contributed by atoms with Crippen LogP contribution in [0.15, 0.2) is 18.2 Å². The van der Waals surface area contributed by atoms with E-state index in [0.717, 1.165) is 38.0 Å². The number of carbonyl (C=O) groups is 1. The van der Waals surface area contributed by atoms with E-state index >= 15 is 0 Å². The number of hydrogen-bond donors (Lipinski definition) is 2. The Morgan fingerprint density at radius 2 is 2.11 bits per heavy atom. The third-order valence-electron chi connectivity index (χ3n) is 3.84. The Hall–Kier alpha value is -1.55. The molecule has 1 heterocycles. The van der Waals surface area contributed by atoms with Crippen LogP contribution in [0.3, 0.4) is 0 Å². The Balaban J connectivity index is 1.87. The molecule has 4 heteroatoms. The van der Waals surface area contributed by atoms with E-state index in [1.165, 1.54) is 0 Å². The molecule has 1 saturated heterocycles. The van der Waals surface area contributed by atoms with Crippen LogP contribution in [0.5, 0.6) is 5.75 Å². The van der Waals surface area contributed by atoms with E-state index < -0.39 is 0 Å². The molecule has 2 N–H and O–H groups in total. The van der Waals surface area contributed by atoms with Gasteiger partial charge in [0, 0.05) is 12.1 Å². The number of benzene rings is 1. The fourth-order valence-electron chi connectivity index (χ4n) is 2.50. The molecule has 1 aliphatic heterocycles. The number of phenolic OH excluding ortho intramolecular Hbond substituents is 1. The van der Waals surface area contributed by atoms with Gasteiger partial charge in [0.2, 0.25) is 0 Å². The van der Waals surface area contributed by atoms with E-state index in [4.69, 9.17) is 0 Å². The molecule has 1 aliphatic rings. The number of aromatic hydroxyl groups is 1. The number of amides is 1. The van der Waals surface area contributed by atoms with Gasteiger partial charge in [-0.2, -0.15) is 0 Å². The Morgan fingerprint density at radius 1 is 1.42 bits per heavy atom. The van der Waals surface area contributed by atoms with Gasteiger partial charge in [0.15, 0.2) is 0 Å². The van der Waals surface area contributed by atoms with E-state index in [-0.39, 0.29) is 11.7 Å². The summed E-state index contributed by atoms with van der Waals surface area (Å²) < 4.78 is 0. The predicted octanol–water partition coefficient (Wildman–Crippen LogP) is 1.77. The fourth-order valence-corrected chi connectivity index (χ4v) is 2.50. The van der Waals surface area contributed by atoms with Crippen molar-refractivity contribution in [2.24, 2.45) is 5.92 Å². The smallest absolute Gasteiger partial charge is 0.251 e. The Labute approximate surface area is 114 Å². The van der Waals surface area contributed by atoms with Crippen molar-refractivity contribution in [1.82, 2.24) is 10.2 Å². The number of aryl methyl sites for hydroxylation is 1. The van der Waals surface area contributed by atoms with Crippen LogP contribution >= 0.6 is 0 Å². The topological polar surface area (TPSA) is 52.6 Å². The van der Waals surface area contributed by atoms with Crippen LogP contribution in [0, 0.1) is 12.8 Å². The van der Waals surface area contributed by atoms with Crippen LogP contribution in [-0.4, -0.2) is 42.6 Å². The average Bonchev–Trinajstić information content (AvgIpc) is 2.37. The summed E-state index contributed by atoms with van der Waals surface area (Å²) in [6.07, 6.45) is 2.29. The van der Waals surface area contributed by atoms with Gasteiger partial charge in [0.05, 0.1) is 0 Å². The molecule has 0 aromatic heterocycles. The van der Waals surface area contributed by atoms with Crippen molar-refractivity contribution < 1.29 is 9.90 Å². The highest BCUT2D eigenvalue weighted by Crippen LogP contribution is 2.17. The molecule has 2 rings (SSSR count). The molecular formula is C15H22N2O2. The first-order chi connectivity index (χ1) is 9.06. The molecule has 1 fully saturated rings. The molecule has 0 atom stereocenters. The summed E-state index contributed by atoms with van der Waals surface area (Å²) >= 11 is 0. The highest BCUT2D eigenvalue weighted by atomic mass is 16.3. The van der Waals surface area contributed by atoms with E-state index in [0.29, 0.717) is 11.5 Å². The summed E-state index contributed by atoms with van der Waals surface area (Å²) in [5.74, 6) is 0.735. The fraction of sp³-hybridized carbons (Fsp3) is 0.533. The van der Waals surface area contributed by atoms with Crippen LogP contribution in [0.25, 0.3) is 0 Å². The maximum absolute atomic E-state index is 12.1. The summed E-state index contributed by atoms with van der Waals surface area (Å²) in [6.45, 7) is 4.80. The summed E-state index contributed by atoms with van der Waals surface area (Å²) in [7, 11) is 2.13. The van der Waals surface area contributed by atoms with E-state index in [1.54, 1.807) is 18.2 Å². The first-order valence-electron chi connectivity index (χ1n) is 6.82. The number of nitrogens with one attached hydrogen (secondary N) is 1. The lowest BCUT2D eigenvalue weighted by Gasteiger charge is -2.29. The molecule has 4 nitrogen and oxygen atoms in total. The van der Waals surface area contributed by atoms with Crippen molar-refractivity contribution in [1.29, 1.82) is 0 Å². The minimum absolute atomic E-state index is 0.0450. The molecule has 1 aromatic carbocycles. The number of hydrogen-bond acceptors (Lipinski definition) is 3. The molecule has 0 aliphatic carbocycles. The molecule has 0 radical (unpaired) electrons. The number of carbonyl (C=O) groups excluding carboxylic acids is 1. The summed E-state index contributed by atoms with van der Waals surface area (Å²) in [6, 6.07) is 4.84. The number of rotatable bonds is 3. The van der Waals surface area contributed by atoms with E-state index in [1.807, 2.05) is 6.92 Å². The van der Waals surface area contributed by atoms with Gasteiger partial charge >= 0.3 is 0 Å². The molecular weight excluding hydrogens is 240 g/mol. The van der Waals surface area contributed by atoms with Crippen LogP contribution in [0.1, 0.15) is 28.8 Å². The molecule has 0 unspecified atom stereocenters. The lowest BCUT2D eigenvalue weighted by molar-refractivity contribution is 0.0938. The average molecular weight is 262 g/mol. The minimum Gasteiger partial charge on any atom is -0.508 e. The van der Waals surface area contributed by atoms with Gasteiger partial charge in [-0.05, 0) is 69.6 Å². The highest BCUT2D eigenvalue weighted by molar-refractivity contribution is 5.95. The van der Waals surface area contributed by atoms with Crippen molar-refractivity contribution in [2.45, 2.75) is 19.8 Å². The third kappa shape index (κ3) is 3.70. The lowest BCUT2D eigenvalue weighted by Crippen LogP contribution is -2.37.